The highest BCUT2D eigenvalue weighted by molar-refractivity contribution is 7.80. The zero-order valence-electron chi connectivity index (χ0n) is 12.4. The van der Waals surface area contributed by atoms with E-state index in [1.165, 1.54) is 0 Å². The van der Waals surface area contributed by atoms with Crippen molar-refractivity contribution in [3.63, 3.8) is 0 Å². The van der Waals surface area contributed by atoms with Gasteiger partial charge in [0, 0.05) is 16.8 Å². The normalized spacial score (nSPS) is 10.4. The van der Waals surface area contributed by atoms with Gasteiger partial charge in [0.1, 0.15) is 11.5 Å². The molecule has 2 N–H and O–H groups in total. The van der Waals surface area contributed by atoms with Crippen LogP contribution >= 0.6 is 35.4 Å². The average molecular weight is 378 g/mol. The van der Waals surface area contributed by atoms with Crippen LogP contribution in [0.15, 0.2) is 59.1 Å². The Morgan fingerprint density at radius 3 is 2.62 bits per heavy atom. The average Bonchev–Trinajstić information content (AvgIpc) is 3.05. The van der Waals surface area contributed by atoms with Crippen molar-refractivity contribution < 1.29 is 4.42 Å². The van der Waals surface area contributed by atoms with E-state index >= 15 is 0 Å². The van der Waals surface area contributed by atoms with Gasteiger partial charge >= 0.3 is 0 Å². The number of aromatic nitrogens is 1. The molecular formula is C17H13Cl2N3OS. The van der Waals surface area contributed by atoms with E-state index in [-0.39, 0.29) is 0 Å². The molecule has 7 heteroatoms. The highest BCUT2D eigenvalue weighted by Crippen LogP contribution is 2.24. The molecule has 2 heterocycles. The lowest BCUT2D eigenvalue weighted by Crippen LogP contribution is -2.27. The van der Waals surface area contributed by atoms with Crippen LogP contribution in [0.1, 0.15) is 5.76 Å². The van der Waals surface area contributed by atoms with Gasteiger partial charge in [-0.1, -0.05) is 23.2 Å². The number of nitrogens with zero attached hydrogens (tertiary/aromatic N) is 1. The van der Waals surface area contributed by atoms with Crippen LogP contribution in [0.2, 0.25) is 10.2 Å². The lowest BCUT2D eigenvalue weighted by atomic mass is 10.2. The van der Waals surface area contributed by atoms with E-state index in [9.17, 15) is 0 Å². The van der Waals surface area contributed by atoms with Crippen molar-refractivity contribution in [1.82, 2.24) is 10.3 Å². The summed E-state index contributed by atoms with van der Waals surface area (Å²) in [6, 6.07) is 14.9. The van der Waals surface area contributed by atoms with Crippen LogP contribution in [0.25, 0.3) is 11.3 Å². The number of rotatable bonds is 4. The number of halogens is 2. The molecule has 0 spiro atoms. The predicted octanol–water partition coefficient (Wildman–Crippen LogP) is 5.14. The van der Waals surface area contributed by atoms with Gasteiger partial charge in [-0.25, -0.2) is 4.98 Å². The van der Waals surface area contributed by atoms with Crippen LogP contribution in [0.4, 0.5) is 5.69 Å². The number of pyridine rings is 1. The molecule has 3 aromatic rings. The Kier molecular flexibility index (Phi) is 5.35. The van der Waals surface area contributed by atoms with Crippen LogP contribution in [-0.4, -0.2) is 10.1 Å². The fraction of sp³-hybridized carbons (Fsp3) is 0.0588. The molecule has 0 bridgehead atoms. The topological polar surface area (TPSA) is 50.1 Å². The molecule has 1 aromatic carbocycles. The Hall–Kier alpha value is -2.08. The first-order valence-electron chi connectivity index (χ1n) is 7.12. The number of thiocarbonyl (C=S) groups is 1. The Labute approximate surface area is 154 Å². The van der Waals surface area contributed by atoms with Crippen LogP contribution in [-0.2, 0) is 6.54 Å². The van der Waals surface area contributed by atoms with Crippen LogP contribution in [0.3, 0.4) is 0 Å². The maximum absolute atomic E-state index is 5.98. The van der Waals surface area contributed by atoms with Gasteiger partial charge in [-0.15, -0.1) is 0 Å². The number of hydrogen-bond acceptors (Lipinski definition) is 3. The van der Waals surface area contributed by atoms with Gasteiger partial charge in [0.15, 0.2) is 10.3 Å². The summed E-state index contributed by atoms with van der Waals surface area (Å²) >= 11 is 17.1. The number of nitrogens with one attached hydrogen (secondary N) is 2. The monoisotopic (exact) mass is 377 g/mol. The molecule has 0 atom stereocenters. The van der Waals surface area contributed by atoms with Crippen molar-refractivity contribution in [1.29, 1.82) is 0 Å². The zero-order valence-corrected chi connectivity index (χ0v) is 14.8. The molecule has 0 amide bonds. The van der Waals surface area contributed by atoms with E-state index < -0.39 is 0 Å². The summed E-state index contributed by atoms with van der Waals surface area (Å²) in [6.07, 6.45) is 1.62. The predicted molar refractivity (Wildman–Crippen MR) is 101 cm³/mol. The number of hydrogen-bond donors (Lipinski definition) is 2. The van der Waals surface area contributed by atoms with Crippen molar-refractivity contribution in [3.8, 4) is 11.3 Å². The maximum Gasteiger partial charge on any atom is 0.171 e. The zero-order chi connectivity index (χ0) is 16.9. The maximum atomic E-state index is 5.98. The van der Waals surface area contributed by atoms with Crippen molar-refractivity contribution in [2.75, 3.05) is 5.32 Å². The molecular weight excluding hydrogens is 365 g/mol. The van der Waals surface area contributed by atoms with Gasteiger partial charge < -0.3 is 15.1 Å². The number of furan rings is 1. The van der Waals surface area contributed by atoms with E-state index in [1.54, 1.807) is 18.3 Å². The molecule has 0 aliphatic rings. The van der Waals surface area contributed by atoms with Crippen molar-refractivity contribution in [2.24, 2.45) is 0 Å². The minimum atomic E-state index is 0.365. The second kappa shape index (κ2) is 7.66. The van der Waals surface area contributed by atoms with Gasteiger partial charge in [-0.3, -0.25) is 0 Å². The minimum absolute atomic E-state index is 0.365. The summed E-state index contributed by atoms with van der Waals surface area (Å²) in [4.78, 5) is 3.98. The molecule has 122 valence electrons. The van der Waals surface area contributed by atoms with Crippen LogP contribution in [0.5, 0.6) is 0 Å². The lowest BCUT2D eigenvalue weighted by molar-refractivity contribution is 0.516. The van der Waals surface area contributed by atoms with E-state index in [2.05, 4.69) is 15.6 Å². The van der Waals surface area contributed by atoms with Crippen molar-refractivity contribution >= 4 is 46.2 Å². The number of benzene rings is 1. The van der Waals surface area contributed by atoms with Crippen molar-refractivity contribution in [3.05, 3.63) is 70.7 Å². The fourth-order valence-corrected chi connectivity index (χ4v) is 2.53. The molecule has 0 saturated carbocycles. The smallest absolute Gasteiger partial charge is 0.171 e. The summed E-state index contributed by atoms with van der Waals surface area (Å²) in [5.41, 5.74) is 1.62. The molecule has 0 unspecified atom stereocenters. The Balaban J connectivity index is 1.58. The van der Waals surface area contributed by atoms with Gasteiger partial charge in [0.2, 0.25) is 0 Å². The summed E-state index contributed by atoms with van der Waals surface area (Å²) in [5.74, 6) is 1.54. The third-order valence-corrected chi connectivity index (χ3v) is 4.02. The Morgan fingerprint density at radius 2 is 1.88 bits per heavy atom. The van der Waals surface area contributed by atoms with Gasteiger partial charge in [-0.05, 0) is 60.7 Å². The first-order chi connectivity index (χ1) is 11.6. The highest BCUT2D eigenvalue weighted by Gasteiger charge is 2.07. The molecule has 4 nitrogen and oxygen atoms in total. The Morgan fingerprint density at radius 1 is 1.08 bits per heavy atom. The molecule has 0 aliphatic carbocycles. The van der Waals surface area contributed by atoms with Gasteiger partial charge in [-0.2, -0.15) is 0 Å². The first kappa shape index (κ1) is 16.8. The summed E-state index contributed by atoms with van der Waals surface area (Å²) in [5, 5.41) is 7.56. The Bertz CT molecular complexity index is 849. The van der Waals surface area contributed by atoms with Crippen LogP contribution < -0.4 is 10.6 Å². The summed E-state index contributed by atoms with van der Waals surface area (Å²) < 4.78 is 5.80. The SMILES string of the molecule is S=C(NCc1ccc(-c2ccc(Cl)cc2)o1)Nc1cccnc1Cl. The van der Waals surface area contributed by atoms with E-state index in [0.717, 1.165) is 17.1 Å². The van der Waals surface area contributed by atoms with Crippen LogP contribution in [0, 0.1) is 0 Å². The second-order valence-electron chi connectivity index (χ2n) is 4.92. The van der Waals surface area contributed by atoms with Gasteiger partial charge in [0.05, 0.1) is 12.2 Å². The number of anilines is 1. The summed E-state index contributed by atoms with van der Waals surface area (Å²) in [6.45, 7) is 0.456. The molecule has 24 heavy (non-hydrogen) atoms. The standard InChI is InChI=1S/C17H13Cl2N3OS/c18-12-5-3-11(4-6-12)15-8-7-13(23-15)10-21-17(24)22-14-2-1-9-20-16(14)19/h1-9H,10H2,(H2,21,22,24). The molecule has 3 rings (SSSR count). The fourth-order valence-electron chi connectivity index (χ4n) is 2.06. The largest absolute Gasteiger partial charge is 0.459 e. The van der Waals surface area contributed by atoms with Gasteiger partial charge in [0.25, 0.3) is 0 Å². The third kappa shape index (κ3) is 4.26. The van der Waals surface area contributed by atoms with E-state index in [0.29, 0.717) is 27.5 Å². The highest BCUT2D eigenvalue weighted by atomic mass is 35.5. The first-order valence-corrected chi connectivity index (χ1v) is 8.28. The van der Waals surface area contributed by atoms with E-state index in [1.807, 2.05) is 36.4 Å². The molecule has 0 radical (unpaired) electrons. The quantitative estimate of drug-likeness (QED) is 0.487. The third-order valence-electron chi connectivity index (χ3n) is 3.22. The van der Waals surface area contributed by atoms with Crippen molar-refractivity contribution in [2.45, 2.75) is 6.54 Å². The molecule has 0 aliphatic heterocycles. The van der Waals surface area contributed by atoms with E-state index in [4.69, 9.17) is 39.8 Å². The minimum Gasteiger partial charge on any atom is -0.459 e. The second-order valence-corrected chi connectivity index (χ2v) is 6.12. The lowest BCUT2D eigenvalue weighted by Gasteiger charge is -2.10. The molecule has 0 fully saturated rings. The molecule has 2 aromatic heterocycles. The summed E-state index contributed by atoms with van der Waals surface area (Å²) in [7, 11) is 0. The molecule has 0 saturated heterocycles.